The average molecular weight is 370 g/mol. The summed E-state index contributed by atoms with van der Waals surface area (Å²) in [6, 6.07) is 25.0. The van der Waals surface area contributed by atoms with E-state index in [0.29, 0.717) is 16.8 Å². The van der Waals surface area contributed by atoms with Crippen LogP contribution in [-0.2, 0) is 22.6 Å². The molecule has 3 rings (SSSR count). The van der Waals surface area contributed by atoms with E-state index in [1.54, 1.807) is 48.5 Å². The number of nitriles is 1. The van der Waals surface area contributed by atoms with Crippen LogP contribution in [0.2, 0.25) is 0 Å². The van der Waals surface area contributed by atoms with Crippen LogP contribution in [0.25, 0.3) is 0 Å². The molecule has 0 saturated heterocycles. The summed E-state index contributed by atoms with van der Waals surface area (Å²) in [4.78, 5) is 24.8. The van der Waals surface area contributed by atoms with Gasteiger partial charge in [-0.1, -0.05) is 60.7 Å². The van der Waals surface area contributed by atoms with Gasteiger partial charge in [-0.15, -0.1) is 0 Å². The fourth-order valence-corrected chi connectivity index (χ4v) is 2.72. The predicted molar refractivity (Wildman–Crippen MR) is 105 cm³/mol. The molecule has 3 aromatic carbocycles. The molecule has 1 N–H and O–H groups in total. The Labute approximate surface area is 163 Å². The highest BCUT2D eigenvalue weighted by molar-refractivity contribution is 6.01. The number of carbonyl (C=O) groups excluding carboxylic acids is 2. The van der Waals surface area contributed by atoms with Crippen molar-refractivity contribution < 1.29 is 14.3 Å². The van der Waals surface area contributed by atoms with Gasteiger partial charge in [-0.05, 0) is 23.8 Å². The van der Waals surface area contributed by atoms with Crippen LogP contribution in [0.15, 0.2) is 78.9 Å². The molecular formula is C23H18N2O3. The van der Waals surface area contributed by atoms with Gasteiger partial charge in [0.15, 0.2) is 0 Å². The van der Waals surface area contributed by atoms with Crippen LogP contribution in [-0.4, -0.2) is 11.9 Å². The van der Waals surface area contributed by atoms with Crippen molar-refractivity contribution in [2.75, 3.05) is 5.32 Å². The number of benzene rings is 3. The van der Waals surface area contributed by atoms with E-state index < -0.39 is 5.97 Å². The Morgan fingerprint density at radius 2 is 1.57 bits per heavy atom. The maximum Gasteiger partial charge on any atom is 0.340 e. The minimum atomic E-state index is -0.566. The molecule has 0 heterocycles. The summed E-state index contributed by atoms with van der Waals surface area (Å²) >= 11 is 0. The SMILES string of the molecule is N#Cc1ccccc1COC(=O)c1ccccc1NC(=O)Cc1ccccc1. The van der Waals surface area contributed by atoms with Gasteiger partial charge in [-0.25, -0.2) is 4.79 Å². The van der Waals surface area contributed by atoms with E-state index in [1.807, 2.05) is 30.3 Å². The summed E-state index contributed by atoms with van der Waals surface area (Å²) < 4.78 is 5.36. The predicted octanol–water partition coefficient (Wildman–Crippen LogP) is 4.10. The van der Waals surface area contributed by atoms with Crippen molar-refractivity contribution in [1.29, 1.82) is 5.26 Å². The molecule has 0 aliphatic heterocycles. The van der Waals surface area contributed by atoms with Gasteiger partial charge in [0, 0.05) is 5.56 Å². The summed E-state index contributed by atoms with van der Waals surface area (Å²) in [6.07, 6.45) is 0.208. The summed E-state index contributed by atoms with van der Waals surface area (Å²) in [6.45, 7) is -0.0190. The number of amides is 1. The van der Waals surface area contributed by atoms with Crippen LogP contribution >= 0.6 is 0 Å². The first-order valence-electron chi connectivity index (χ1n) is 8.75. The number of nitrogens with one attached hydrogen (secondary N) is 1. The Bertz CT molecular complexity index is 1020. The van der Waals surface area contributed by atoms with Crippen LogP contribution in [0.4, 0.5) is 5.69 Å². The lowest BCUT2D eigenvalue weighted by Crippen LogP contribution is -2.17. The molecule has 0 radical (unpaired) electrons. The first-order valence-corrected chi connectivity index (χ1v) is 8.75. The molecular weight excluding hydrogens is 352 g/mol. The Kier molecular flexibility index (Phi) is 6.17. The fraction of sp³-hybridized carbons (Fsp3) is 0.0870. The number of hydrogen-bond acceptors (Lipinski definition) is 4. The molecule has 0 aliphatic carbocycles. The van der Waals surface area contributed by atoms with Crippen molar-refractivity contribution in [3.63, 3.8) is 0 Å². The molecule has 5 nitrogen and oxygen atoms in total. The first kappa shape index (κ1) is 18.9. The molecule has 0 saturated carbocycles. The molecule has 1 amide bonds. The zero-order chi connectivity index (χ0) is 19.8. The molecule has 0 aromatic heterocycles. The van der Waals surface area contributed by atoms with Crippen molar-refractivity contribution in [2.24, 2.45) is 0 Å². The number of hydrogen-bond donors (Lipinski definition) is 1. The number of ether oxygens (including phenoxy) is 1. The summed E-state index contributed by atoms with van der Waals surface area (Å²) in [5, 5.41) is 11.9. The van der Waals surface area contributed by atoms with Crippen molar-refractivity contribution in [2.45, 2.75) is 13.0 Å². The number of esters is 1. The molecule has 0 fully saturated rings. The minimum absolute atomic E-state index is 0.0190. The maximum atomic E-state index is 12.5. The van der Waals surface area contributed by atoms with Crippen LogP contribution in [0, 0.1) is 11.3 Å². The van der Waals surface area contributed by atoms with E-state index in [1.165, 1.54) is 0 Å². The fourth-order valence-electron chi connectivity index (χ4n) is 2.72. The van der Waals surface area contributed by atoms with E-state index in [-0.39, 0.29) is 24.5 Å². The van der Waals surface area contributed by atoms with Gasteiger partial charge in [0.2, 0.25) is 5.91 Å². The number of nitrogens with zero attached hydrogens (tertiary/aromatic N) is 1. The molecule has 5 heteroatoms. The van der Waals surface area contributed by atoms with E-state index in [2.05, 4.69) is 11.4 Å². The molecule has 0 atom stereocenters. The standard InChI is InChI=1S/C23H18N2O3/c24-15-18-10-4-5-11-19(18)16-28-23(27)20-12-6-7-13-21(20)25-22(26)14-17-8-2-1-3-9-17/h1-13H,14,16H2,(H,25,26). The molecule has 138 valence electrons. The third-order valence-electron chi connectivity index (χ3n) is 4.13. The van der Waals surface area contributed by atoms with Gasteiger partial charge < -0.3 is 10.1 Å². The minimum Gasteiger partial charge on any atom is -0.457 e. The summed E-state index contributed by atoms with van der Waals surface area (Å²) in [5.41, 5.74) is 2.62. The van der Waals surface area contributed by atoms with Crippen LogP contribution in [0.5, 0.6) is 0 Å². The number of rotatable bonds is 6. The lowest BCUT2D eigenvalue weighted by molar-refractivity contribution is -0.115. The van der Waals surface area contributed by atoms with Crippen molar-refractivity contribution >= 4 is 17.6 Å². The average Bonchev–Trinajstić information content (AvgIpc) is 2.73. The molecule has 0 spiro atoms. The third kappa shape index (κ3) is 4.83. The zero-order valence-electron chi connectivity index (χ0n) is 15.1. The topological polar surface area (TPSA) is 79.2 Å². The van der Waals surface area contributed by atoms with E-state index in [4.69, 9.17) is 10.00 Å². The normalized spacial score (nSPS) is 9.96. The summed E-state index contributed by atoms with van der Waals surface area (Å²) in [7, 11) is 0. The molecule has 3 aromatic rings. The summed E-state index contributed by atoms with van der Waals surface area (Å²) in [5.74, 6) is -0.787. The highest BCUT2D eigenvalue weighted by Gasteiger charge is 2.15. The molecule has 0 aliphatic rings. The third-order valence-corrected chi connectivity index (χ3v) is 4.13. The van der Waals surface area contributed by atoms with E-state index >= 15 is 0 Å². The van der Waals surface area contributed by atoms with Gasteiger partial charge in [-0.3, -0.25) is 4.79 Å². The second-order valence-electron chi connectivity index (χ2n) is 6.10. The Morgan fingerprint density at radius 3 is 2.36 bits per heavy atom. The van der Waals surface area contributed by atoms with Gasteiger partial charge in [0.1, 0.15) is 6.61 Å². The van der Waals surface area contributed by atoms with Crippen LogP contribution in [0.1, 0.15) is 27.0 Å². The number of carbonyl (C=O) groups is 2. The monoisotopic (exact) mass is 370 g/mol. The Balaban J connectivity index is 1.68. The first-order chi connectivity index (χ1) is 13.7. The quantitative estimate of drug-likeness (QED) is 0.663. The maximum absolute atomic E-state index is 12.5. The van der Waals surface area contributed by atoms with Gasteiger partial charge in [0.05, 0.1) is 29.3 Å². The van der Waals surface area contributed by atoms with Crippen LogP contribution < -0.4 is 5.32 Å². The van der Waals surface area contributed by atoms with Crippen LogP contribution in [0.3, 0.4) is 0 Å². The van der Waals surface area contributed by atoms with Gasteiger partial charge >= 0.3 is 5.97 Å². The number of para-hydroxylation sites is 1. The molecule has 0 unspecified atom stereocenters. The van der Waals surface area contributed by atoms with Crippen molar-refractivity contribution in [3.05, 3.63) is 101 Å². The van der Waals surface area contributed by atoms with Gasteiger partial charge in [0.25, 0.3) is 0 Å². The van der Waals surface area contributed by atoms with Crippen molar-refractivity contribution in [3.8, 4) is 6.07 Å². The Hall–Kier alpha value is -3.91. The zero-order valence-corrected chi connectivity index (χ0v) is 15.1. The second kappa shape index (κ2) is 9.15. The second-order valence-corrected chi connectivity index (χ2v) is 6.10. The van der Waals surface area contributed by atoms with Gasteiger partial charge in [-0.2, -0.15) is 5.26 Å². The highest BCUT2D eigenvalue weighted by Crippen LogP contribution is 2.18. The lowest BCUT2D eigenvalue weighted by atomic mass is 10.1. The van der Waals surface area contributed by atoms with Crippen molar-refractivity contribution in [1.82, 2.24) is 0 Å². The highest BCUT2D eigenvalue weighted by atomic mass is 16.5. The molecule has 28 heavy (non-hydrogen) atoms. The lowest BCUT2D eigenvalue weighted by Gasteiger charge is -2.11. The molecule has 0 bridgehead atoms. The number of anilines is 1. The van der Waals surface area contributed by atoms with E-state index in [0.717, 1.165) is 5.56 Å². The Morgan fingerprint density at radius 1 is 0.893 bits per heavy atom. The van der Waals surface area contributed by atoms with E-state index in [9.17, 15) is 9.59 Å². The largest absolute Gasteiger partial charge is 0.457 e. The smallest absolute Gasteiger partial charge is 0.340 e.